The van der Waals surface area contributed by atoms with Crippen molar-refractivity contribution in [1.82, 2.24) is 14.8 Å². The summed E-state index contributed by atoms with van der Waals surface area (Å²) in [4.78, 5) is 12.5. The van der Waals surface area contributed by atoms with Gasteiger partial charge in [0.25, 0.3) is 0 Å². The standard InChI is InChI=1S/C23H26Cl2N4O2S/c1-4-16-8-10-17(11-9-16)31-13-20-27-28-23(29(20)12-15(2)3)32-14-21(30)26-22-18(24)6-5-7-19(22)25/h5-11,15H,4,12-14H2,1-3H3,(H,26,30). The van der Waals surface area contributed by atoms with E-state index in [4.69, 9.17) is 27.9 Å². The van der Waals surface area contributed by atoms with Gasteiger partial charge in [0.15, 0.2) is 11.0 Å². The Morgan fingerprint density at radius 2 is 1.81 bits per heavy atom. The van der Waals surface area contributed by atoms with Crippen molar-refractivity contribution >= 4 is 46.6 Å². The van der Waals surface area contributed by atoms with Gasteiger partial charge in [-0.2, -0.15) is 0 Å². The molecule has 0 atom stereocenters. The van der Waals surface area contributed by atoms with Gasteiger partial charge in [-0.25, -0.2) is 0 Å². The second-order valence-electron chi connectivity index (χ2n) is 7.62. The lowest BCUT2D eigenvalue weighted by atomic mass is 10.2. The van der Waals surface area contributed by atoms with Crippen molar-refractivity contribution < 1.29 is 9.53 Å². The van der Waals surface area contributed by atoms with Crippen LogP contribution in [0.4, 0.5) is 5.69 Å². The summed E-state index contributed by atoms with van der Waals surface area (Å²) in [6.07, 6.45) is 0.986. The minimum absolute atomic E-state index is 0.150. The van der Waals surface area contributed by atoms with E-state index >= 15 is 0 Å². The van der Waals surface area contributed by atoms with Gasteiger partial charge in [-0.05, 0) is 42.2 Å². The Labute approximate surface area is 202 Å². The maximum Gasteiger partial charge on any atom is 0.234 e. The number of hydrogen-bond acceptors (Lipinski definition) is 5. The molecule has 6 nitrogen and oxygen atoms in total. The molecule has 1 aromatic heterocycles. The largest absolute Gasteiger partial charge is 0.486 e. The van der Waals surface area contributed by atoms with Gasteiger partial charge in [0.1, 0.15) is 12.4 Å². The van der Waals surface area contributed by atoms with Crippen LogP contribution in [0.1, 0.15) is 32.2 Å². The number of carbonyl (C=O) groups excluding carboxylic acids is 1. The molecule has 0 unspecified atom stereocenters. The maximum absolute atomic E-state index is 12.5. The smallest absolute Gasteiger partial charge is 0.234 e. The topological polar surface area (TPSA) is 69.0 Å². The molecule has 0 bridgehead atoms. The number of rotatable bonds is 10. The predicted octanol–water partition coefficient (Wildman–Crippen LogP) is 6.11. The molecule has 0 aliphatic heterocycles. The van der Waals surface area contributed by atoms with Crippen molar-refractivity contribution in [2.45, 2.75) is 45.5 Å². The van der Waals surface area contributed by atoms with Crippen LogP contribution >= 0.6 is 35.0 Å². The first-order valence-corrected chi connectivity index (χ1v) is 12.1. The normalized spacial score (nSPS) is 11.1. The molecule has 0 fully saturated rings. The average Bonchev–Trinajstić information content (AvgIpc) is 3.14. The Balaban J connectivity index is 1.65. The Hall–Kier alpha value is -2.22. The summed E-state index contributed by atoms with van der Waals surface area (Å²) < 4.78 is 7.92. The molecule has 3 rings (SSSR count). The van der Waals surface area contributed by atoms with E-state index in [-0.39, 0.29) is 11.7 Å². The van der Waals surface area contributed by atoms with E-state index < -0.39 is 0 Å². The quantitative estimate of drug-likeness (QED) is 0.345. The van der Waals surface area contributed by atoms with Crippen molar-refractivity contribution in [2.75, 3.05) is 11.1 Å². The number of carbonyl (C=O) groups is 1. The summed E-state index contributed by atoms with van der Waals surface area (Å²) in [6, 6.07) is 13.1. The van der Waals surface area contributed by atoms with E-state index in [1.54, 1.807) is 18.2 Å². The molecule has 0 spiro atoms. The van der Waals surface area contributed by atoms with Crippen LogP contribution in [0.2, 0.25) is 10.0 Å². The fourth-order valence-electron chi connectivity index (χ4n) is 2.97. The summed E-state index contributed by atoms with van der Waals surface area (Å²) in [7, 11) is 0. The van der Waals surface area contributed by atoms with Gasteiger partial charge in [-0.3, -0.25) is 4.79 Å². The summed E-state index contributed by atoms with van der Waals surface area (Å²) in [6.45, 7) is 7.38. The first-order valence-electron chi connectivity index (χ1n) is 10.4. The Bertz CT molecular complexity index is 1030. The highest BCUT2D eigenvalue weighted by atomic mass is 35.5. The van der Waals surface area contributed by atoms with Crippen LogP contribution in [-0.4, -0.2) is 26.4 Å². The molecule has 32 heavy (non-hydrogen) atoms. The highest BCUT2D eigenvalue weighted by molar-refractivity contribution is 7.99. The van der Waals surface area contributed by atoms with Crippen molar-refractivity contribution in [3.63, 3.8) is 0 Å². The number of nitrogens with one attached hydrogen (secondary N) is 1. The first-order chi connectivity index (χ1) is 15.4. The molecule has 0 radical (unpaired) electrons. The summed E-state index contributed by atoms with van der Waals surface area (Å²) in [5.41, 5.74) is 1.67. The van der Waals surface area contributed by atoms with Crippen LogP contribution < -0.4 is 10.1 Å². The Kier molecular flexibility index (Phi) is 8.84. The maximum atomic E-state index is 12.5. The van der Waals surface area contributed by atoms with Crippen molar-refractivity contribution in [3.05, 3.63) is 63.9 Å². The van der Waals surface area contributed by atoms with Gasteiger partial charge >= 0.3 is 0 Å². The van der Waals surface area contributed by atoms with Gasteiger partial charge in [0.05, 0.1) is 21.5 Å². The van der Waals surface area contributed by atoms with Crippen LogP contribution in [0.5, 0.6) is 5.75 Å². The van der Waals surface area contributed by atoms with Gasteiger partial charge in [-0.1, -0.05) is 73.9 Å². The second-order valence-corrected chi connectivity index (χ2v) is 9.38. The summed E-state index contributed by atoms with van der Waals surface area (Å²) >= 11 is 13.6. The van der Waals surface area contributed by atoms with E-state index in [2.05, 4.69) is 48.4 Å². The predicted molar refractivity (Wildman–Crippen MR) is 131 cm³/mol. The minimum atomic E-state index is -0.224. The summed E-state index contributed by atoms with van der Waals surface area (Å²) in [5.74, 6) is 1.81. The molecule has 0 aliphatic rings. The van der Waals surface area contributed by atoms with Crippen molar-refractivity contribution in [3.8, 4) is 5.75 Å². The molecule has 9 heteroatoms. The lowest BCUT2D eigenvalue weighted by Gasteiger charge is -2.13. The molecular weight excluding hydrogens is 467 g/mol. The van der Waals surface area contributed by atoms with Gasteiger partial charge < -0.3 is 14.6 Å². The SMILES string of the molecule is CCc1ccc(OCc2nnc(SCC(=O)Nc3c(Cl)cccc3Cl)n2CC(C)C)cc1. The number of amides is 1. The molecule has 2 aromatic carbocycles. The fourth-order valence-corrected chi connectivity index (χ4v) is 4.23. The Morgan fingerprint density at radius 3 is 2.44 bits per heavy atom. The van der Waals surface area contributed by atoms with E-state index in [9.17, 15) is 4.79 Å². The number of ether oxygens (including phenoxy) is 1. The first kappa shape index (κ1) is 24.4. The van der Waals surface area contributed by atoms with E-state index in [1.807, 2.05) is 16.7 Å². The molecule has 0 saturated heterocycles. The van der Waals surface area contributed by atoms with Gasteiger partial charge in [-0.15, -0.1) is 10.2 Å². The number of nitrogens with zero attached hydrogens (tertiary/aromatic N) is 3. The number of para-hydroxylation sites is 1. The van der Waals surface area contributed by atoms with E-state index in [0.717, 1.165) is 24.5 Å². The van der Waals surface area contributed by atoms with Crippen LogP contribution in [0.3, 0.4) is 0 Å². The lowest BCUT2D eigenvalue weighted by Crippen LogP contribution is -2.16. The number of aromatic nitrogens is 3. The number of aryl methyl sites for hydroxylation is 1. The minimum Gasteiger partial charge on any atom is -0.486 e. The van der Waals surface area contributed by atoms with E-state index in [0.29, 0.717) is 33.4 Å². The molecule has 1 heterocycles. The number of thioether (sulfide) groups is 1. The van der Waals surface area contributed by atoms with Crippen LogP contribution in [0, 0.1) is 5.92 Å². The van der Waals surface area contributed by atoms with Crippen LogP contribution in [-0.2, 0) is 24.4 Å². The number of benzene rings is 2. The zero-order chi connectivity index (χ0) is 23.1. The zero-order valence-electron chi connectivity index (χ0n) is 18.3. The second kappa shape index (κ2) is 11.6. The Morgan fingerprint density at radius 1 is 1.12 bits per heavy atom. The molecule has 170 valence electrons. The van der Waals surface area contributed by atoms with Crippen LogP contribution in [0.15, 0.2) is 47.6 Å². The van der Waals surface area contributed by atoms with Crippen LogP contribution in [0.25, 0.3) is 0 Å². The number of anilines is 1. The van der Waals surface area contributed by atoms with Gasteiger partial charge in [0, 0.05) is 6.54 Å². The number of halogens is 2. The molecule has 1 N–H and O–H groups in total. The third kappa shape index (κ3) is 6.64. The monoisotopic (exact) mass is 492 g/mol. The number of hydrogen-bond donors (Lipinski definition) is 1. The molecular formula is C23H26Cl2N4O2S. The van der Waals surface area contributed by atoms with Crippen molar-refractivity contribution in [1.29, 1.82) is 0 Å². The zero-order valence-corrected chi connectivity index (χ0v) is 20.6. The highest BCUT2D eigenvalue weighted by Crippen LogP contribution is 2.30. The molecule has 1 amide bonds. The molecule has 0 saturated carbocycles. The average molecular weight is 493 g/mol. The highest BCUT2D eigenvalue weighted by Gasteiger charge is 2.17. The van der Waals surface area contributed by atoms with E-state index in [1.165, 1.54) is 17.3 Å². The third-order valence-corrected chi connectivity index (χ3v) is 6.20. The van der Waals surface area contributed by atoms with Gasteiger partial charge in [0.2, 0.25) is 5.91 Å². The third-order valence-electron chi connectivity index (χ3n) is 4.60. The molecule has 0 aliphatic carbocycles. The van der Waals surface area contributed by atoms with Crippen molar-refractivity contribution in [2.24, 2.45) is 5.92 Å². The fraction of sp³-hybridized carbons (Fsp3) is 0.348. The molecule has 3 aromatic rings. The summed E-state index contributed by atoms with van der Waals surface area (Å²) in [5, 5.41) is 12.8. The lowest BCUT2D eigenvalue weighted by molar-refractivity contribution is -0.113.